The number of nitro groups is 1. The van der Waals surface area contributed by atoms with Crippen molar-refractivity contribution in [2.45, 2.75) is 12.8 Å². The molecule has 0 bridgehead atoms. The van der Waals surface area contributed by atoms with Gasteiger partial charge in [0, 0.05) is 62.4 Å². The minimum Gasteiger partial charge on any atom is -0.441 e. The first-order valence-corrected chi connectivity index (χ1v) is 9.97. The lowest BCUT2D eigenvalue weighted by molar-refractivity contribution is -0.384. The normalized spacial score (nSPS) is 14.0. The quantitative estimate of drug-likeness (QED) is 0.443. The highest BCUT2D eigenvalue weighted by molar-refractivity contribution is 5.76. The standard InChI is InChI=1S/C22H21FN4O4/c23-17-3-1-16(2-4-17)20-15-24-21(31-20)9-10-22(28)26-13-11-25(12-14-26)18-5-7-19(8-6-18)27(29)30/h1-8,15H,9-14H2. The van der Waals surface area contributed by atoms with Crippen LogP contribution in [0.5, 0.6) is 0 Å². The molecule has 1 aliphatic rings. The highest BCUT2D eigenvalue weighted by Gasteiger charge is 2.22. The lowest BCUT2D eigenvalue weighted by atomic mass is 10.2. The first-order chi connectivity index (χ1) is 15.0. The molecular weight excluding hydrogens is 403 g/mol. The van der Waals surface area contributed by atoms with Crippen LogP contribution in [0, 0.1) is 15.9 Å². The SMILES string of the molecule is O=C(CCc1ncc(-c2ccc(F)cc2)o1)N1CCN(c2ccc([N+](=O)[O-])cc2)CC1. The number of oxazole rings is 1. The van der Waals surface area contributed by atoms with Gasteiger partial charge in [-0.1, -0.05) is 0 Å². The molecule has 4 rings (SSSR count). The van der Waals surface area contributed by atoms with Crippen LogP contribution in [-0.2, 0) is 11.2 Å². The zero-order valence-corrected chi connectivity index (χ0v) is 16.7. The van der Waals surface area contributed by atoms with Crippen LogP contribution in [0.4, 0.5) is 15.8 Å². The Labute approximate surface area is 178 Å². The number of halogens is 1. The average molecular weight is 424 g/mol. The van der Waals surface area contributed by atoms with Crippen LogP contribution in [0.25, 0.3) is 11.3 Å². The lowest BCUT2D eigenvalue weighted by Gasteiger charge is -2.36. The predicted octanol–water partition coefficient (Wildman–Crippen LogP) is 3.67. The third-order valence-electron chi connectivity index (χ3n) is 5.29. The van der Waals surface area contributed by atoms with E-state index in [1.54, 1.807) is 30.5 Å². The van der Waals surface area contributed by atoms with Gasteiger partial charge < -0.3 is 14.2 Å². The Balaban J connectivity index is 1.27. The lowest BCUT2D eigenvalue weighted by Crippen LogP contribution is -2.48. The maximum Gasteiger partial charge on any atom is 0.269 e. The average Bonchev–Trinajstić information content (AvgIpc) is 3.27. The number of aryl methyl sites for hydroxylation is 1. The molecule has 8 nitrogen and oxygen atoms in total. The number of hydrogen-bond donors (Lipinski definition) is 0. The van der Waals surface area contributed by atoms with E-state index in [9.17, 15) is 19.3 Å². The molecule has 0 unspecified atom stereocenters. The van der Waals surface area contributed by atoms with Crippen LogP contribution in [0.3, 0.4) is 0 Å². The van der Waals surface area contributed by atoms with E-state index in [-0.39, 0.29) is 17.4 Å². The van der Waals surface area contributed by atoms with Gasteiger partial charge in [-0.3, -0.25) is 14.9 Å². The molecule has 0 aliphatic carbocycles. The molecule has 2 heterocycles. The van der Waals surface area contributed by atoms with Crippen molar-refractivity contribution in [3.05, 3.63) is 76.6 Å². The second kappa shape index (κ2) is 8.95. The summed E-state index contributed by atoms with van der Waals surface area (Å²) >= 11 is 0. The van der Waals surface area contributed by atoms with Crippen molar-refractivity contribution in [1.82, 2.24) is 9.88 Å². The van der Waals surface area contributed by atoms with E-state index in [0.717, 1.165) is 11.3 Å². The third-order valence-corrected chi connectivity index (χ3v) is 5.29. The highest BCUT2D eigenvalue weighted by Crippen LogP contribution is 2.22. The summed E-state index contributed by atoms with van der Waals surface area (Å²) in [5.74, 6) is 0.726. The fourth-order valence-corrected chi connectivity index (χ4v) is 3.54. The molecule has 0 atom stereocenters. The van der Waals surface area contributed by atoms with Crippen LogP contribution in [-0.4, -0.2) is 46.9 Å². The van der Waals surface area contributed by atoms with Gasteiger partial charge in [0.2, 0.25) is 5.91 Å². The van der Waals surface area contributed by atoms with Crippen LogP contribution in [0.15, 0.2) is 59.1 Å². The molecular formula is C22H21FN4O4. The Kier molecular flexibility index (Phi) is 5.92. The Morgan fingerprint density at radius 2 is 1.74 bits per heavy atom. The van der Waals surface area contributed by atoms with E-state index in [0.29, 0.717) is 50.7 Å². The van der Waals surface area contributed by atoms with Crippen LogP contribution < -0.4 is 4.90 Å². The molecule has 3 aromatic rings. The Hall–Kier alpha value is -3.75. The van der Waals surface area contributed by atoms with E-state index >= 15 is 0 Å². The summed E-state index contributed by atoms with van der Waals surface area (Å²) in [6.07, 6.45) is 2.26. The van der Waals surface area contributed by atoms with E-state index in [4.69, 9.17) is 4.42 Å². The first kappa shape index (κ1) is 20.5. The Bertz CT molecular complexity index is 1060. The zero-order valence-electron chi connectivity index (χ0n) is 16.7. The second-order valence-corrected chi connectivity index (χ2v) is 7.27. The second-order valence-electron chi connectivity index (χ2n) is 7.27. The maximum atomic E-state index is 13.0. The summed E-state index contributed by atoms with van der Waals surface area (Å²) in [4.78, 5) is 31.1. The number of benzene rings is 2. The van der Waals surface area contributed by atoms with Gasteiger partial charge in [0.1, 0.15) is 5.82 Å². The van der Waals surface area contributed by atoms with Gasteiger partial charge in [0.05, 0.1) is 11.1 Å². The molecule has 0 radical (unpaired) electrons. The number of hydrogen-bond acceptors (Lipinski definition) is 6. The summed E-state index contributed by atoms with van der Waals surface area (Å²) in [7, 11) is 0. The molecule has 1 aliphatic heterocycles. The number of carbonyl (C=O) groups excluding carboxylic acids is 1. The summed E-state index contributed by atoms with van der Waals surface area (Å²) in [5, 5.41) is 10.8. The number of piperazine rings is 1. The minimum absolute atomic E-state index is 0.0323. The molecule has 0 N–H and O–H groups in total. The molecule has 9 heteroatoms. The maximum absolute atomic E-state index is 13.0. The van der Waals surface area contributed by atoms with Gasteiger partial charge in [-0.25, -0.2) is 9.37 Å². The summed E-state index contributed by atoms with van der Waals surface area (Å²) in [6.45, 7) is 2.50. The molecule has 1 fully saturated rings. The topological polar surface area (TPSA) is 92.7 Å². The van der Waals surface area contributed by atoms with Crippen molar-refractivity contribution in [2.24, 2.45) is 0 Å². The van der Waals surface area contributed by atoms with Crippen molar-refractivity contribution in [2.75, 3.05) is 31.1 Å². The zero-order chi connectivity index (χ0) is 21.8. The smallest absolute Gasteiger partial charge is 0.269 e. The number of nitrogens with zero attached hydrogens (tertiary/aromatic N) is 4. The number of anilines is 1. The van der Waals surface area contributed by atoms with Crippen molar-refractivity contribution in [1.29, 1.82) is 0 Å². The number of rotatable bonds is 6. The molecule has 1 amide bonds. The molecule has 31 heavy (non-hydrogen) atoms. The van der Waals surface area contributed by atoms with Crippen molar-refractivity contribution < 1.29 is 18.5 Å². The van der Waals surface area contributed by atoms with Gasteiger partial charge in [-0.15, -0.1) is 0 Å². The number of nitro benzene ring substituents is 1. The van der Waals surface area contributed by atoms with Crippen molar-refractivity contribution >= 4 is 17.3 Å². The van der Waals surface area contributed by atoms with Gasteiger partial charge in [0.15, 0.2) is 11.7 Å². The fraction of sp³-hybridized carbons (Fsp3) is 0.273. The molecule has 1 saturated heterocycles. The number of amides is 1. The molecule has 2 aromatic carbocycles. The Morgan fingerprint density at radius 1 is 1.06 bits per heavy atom. The number of aromatic nitrogens is 1. The third kappa shape index (κ3) is 4.88. The minimum atomic E-state index is -0.420. The van der Waals surface area contributed by atoms with E-state index in [2.05, 4.69) is 9.88 Å². The van der Waals surface area contributed by atoms with Crippen LogP contribution >= 0.6 is 0 Å². The Morgan fingerprint density at radius 3 is 2.39 bits per heavy atom. The fourth-order valence-electron chi connectivity index (χ4n) is 3.54. The predicted molar refractivity (Wildman–Crippen MR) is 112 cm³/mol. The largest absolute Gasteiger partial charge is 0.441 e. The molecule has 0 spiro atoms. The molecule has 160 valence electrons. The van der Waals surface area contributed by atoms with Gasteiger partial charge in [0.25, 0.3) is 5.69 Å². The highest BCUT2D eigenvalue weighted by atomic mass is 19.1. The molecule has 0 saturated carbocycles. The van der Waals surface area contributed by atoms with Crippen molar-refractivity contribution in [3.8, 4) is 11.3 Å². The van der Waals surface area contributed by atoms with Crippen LogP contribution in [0.2, 0.25) is 0 Å². The van der Waals surface area contributed by atoms with Gasteiger partial charge in [-0.2, -0.15) is 0 Å². The monoisotopic (exact) mass is 424 g/mol. The van der Waals surface area contributed by atoms with Gasteiger partial charge in [-0.05, 0) is 36.4 Å². The van der Waals surface area contributed by atoms with E-state index in [1.165, 1.54) is 24.3 Å². The van der Waals surface area contributed by atoms with Gasteiger partial charge >= 0.3 is 0 Å². The summed E-state index contributed by atoms with van der Waals surface area (Å²) in [6, 6.07) is 12.4. The van der Waals surface area contributed by atoms with Crippen LogP contribution in [0.1, 0.15) is 12.3 Å². The molecule has 1 aromatic heterocycles. The number of carbonyl (C=O) groups is 1. The van der Waals surface area contributed by atoms with E-state index in [1.807, 2.05) is 4.90 Å². The van der Waals surface area contributed by atoms with Crippen molar-refractivity contribution in [3.63, 3.8) is 0 Å². The van der Waals surface area contributed by atoms with E-state index < -0.39 is 4.92 Å². The first-order valence-electron chi connectivity index (χ1n) is 9.97. The summed E-state index contributed by atoms with van der Waals surface area (Å²) < 4.78 is 18.7. The number of non-ortho nitro benzene ring substituents is 1. The summed E-state index contributed by atoms with van der Waals surface area (Å²) in [5.41, 5.74) is 1.70.